The molecule has 8 bridgehead atoms. The highest BCUT2D eigenvalue weighted by Crippen LogP contribution is 2.59. The highest BCUT2D eigenvalue weighted by Gasteiger charge is 2.42. The zero-order chi connectivity index (χ0) is 61.6. The molecule has 4 aromatic heterocycles. The molecule has 0 fully saturated rings. The van der Waals surface area contributed by atoms with E-state index >= 15 is 0 Å². The summed E-state index contributed by atoms with van der Waals surface area (Å²) >= 11 is 0. The van der Waals surface area contributed by atoms with Crippen LogP contribution in [-0.4, -0.2) is 65.4 Å². The summed E-state index contributed by atoms with van der Waals surface area (Å²) in [6.45, 7) is 10.4. The summed E-state index contributed by atoms with van der Waals surface area (Å²) in [5.74, 6) is 5.02. The molecule has 16 heteroatoms. The van der Waals surface area contributed by atoms with E-state index in [0.717, 1.165) is 208 Å². The highest BCUT2D eigenvalue weighted by molar-refractivity contribution is 5.79. The molecular formula is C76H72N8O8. The summed E-state index contributed by atoms with van der Waals surface area (Å²) in [6.07, 6.45) is 14.4. The van der Waals surface area contributed by atoms with Crippen molar-refractivity contribution in [1.82, 2.24) is 38.2 Å². The van der Waals surface area contributed by atoms with Gasteiger partial charge in [-0.05, 0) is 98.5 Å². The standard InChI is InChI=1S/C76H72N8O8/c1-5-17-45-49-29-51-46(18-6-2)53-31-55-48(20-8-4)56-32-54-47(19-7-3)52-30-50(45)70-58(34-82-38-78-62-22-10-14-26-66(62)82)72(52)88-43-90-74(54)60(36-84-40-80-64-24-12-16-28-68(64)84)76(56)92-44-91-75(55)59(35-83-39-79-63-23-11-15-27-67(63)83)73(53)89-42-87-71(51)57(69(49)85-41-86-70)33-81-37-77-61-21-9-13-25-65(61)81/h9-16,21-32,37-40,45-48H,5-8,17-20,33-36,41-44H2,1-4H3. The van der Waals surface area contributed by atoms with Gasteiger partial charge in [-0.1, -0.05) is 102 Å². The maximum atomic E-state index is 7.32. The van der Waals surface area contributed by atoms with E-state index in [1.54, 1.807) is 0 Å². The SMILES string of the molecule is CCCC1c2cc3c4c(Cn5cnc6ccccc65)c2OCOc2c1cc1c(c2Cn2cnc5ccccc52)OCOc2c(cc5c(c2Cn2cnc6ccccc62)OCOc2c(cc(c(c2Cn2cnc6ccccc62)OCO4)C3CCC)C5CCC)C1CCC. The fourth-order valence-corrected chi connectivity index (χ4v) is 15.9. The quantitative estimate of drug-likeness (QED) is 0.0908. The summed E-state index contributed by atoms with van der Waals surface area (Å²) in [5.41, 5.74) is 20.0. The minimum absolute atomic E-state index is 0.0864. The van der Waals surface area contributed by atoms with Crippen molar-refractivity contribution in [3.8, 4) is 46.0 Å². The molecule has 17 rings (SSSR count). The summed E-state index contributed by atoms with van der Waals surface area (Å²) < 4.78 is 67.4. The monoisotopic (exact) mass is 1220 g/mol. The van der Waals surface area contributed by atoms with Crippen LogP contribution in [0.5, 0.6) is 46.0 Å². The van der Waals surface area contributed by atoms with Gasteiger partial charge in [-0.15, -0.1) is 0 Å². The molecule has 8 heterocycles. The summed E-state index contributed by atoms with van der Waals surface area (Å²) in [6, 6.07) is 43.0. The first kappa shape index (κ1) is 56.1. The Morgan fingerprint density at radius 3 is 0.685 bits per heavy atom. The summed E-state index contributed by atoms with van der Waals surface area (Å²) in [5, 5.41) is 0. The fourth-order valence-electron chi connectivity index (χ4n) is 15.9. The maximum Gasteiger partial charge on any atom is 0.230 e. The average molecular weight is 1230 g/mol. The Bertz CT molecular complexity index is 4140. The normalized spacial score (nSPS) is 17.5. The van der Waals surface area contributed by atoms with Gasteiger partial charge in [0.15, 0.2) is 0 Å². The molecular weight excluding hydrogens is 1150 g/mol. The van der Waals surface area contributed by atoms with Crippen molar-refractivity contribution in [2.75, 3.05) is 27.2 Å². The van der Waals surface area contributed by atoms with E-state index in [0.29, 0.717) is 26.2 Å². The van der Waals surface area contributed by atoms with Gasteiger partial charge in [0.2, 0.25) is 27.2 Å². The second kappa shape index (κ2) is 23.1. The average Bonchev–Trinajstić information content (AvgIpc) is 1.07. The fraction of sp³-hybridized carbons (Fsp3) is 0.316. The Labute approximate surface area is 533 Å². The molecule has 12 aromatic rings. The number of imidazole rings is 4. The predicted molar refractivity (Wildman–Crippen MR) is 353 cm³/mol. The number of hydrogen-bond donors (Lipinski definition) is 0. The Hall–Kier alpha value is -9.96. The van der Waals surface area contributed by atoms with Crippen molar-refractivity contribution < 1.29 is 37.9 Å². The molecule has 0 saturated carbocycles. The number of aromatic nitrogens is 8. The Kier molecular flexibility index (Phi) is 14.1. The molecule has 92 heavy (non-hydrogen) atoms. The van der Waals surface area contributed by atoms with Gasteiger partial charge in [0.05, 0.1) is 118 Å². The van der Waals surface area contributed by atoms with Crippen LogP contribution in [0.25, 0.3) is 44.1 Å². The first-order chi connectivity index (χ1) is 45.5. The third kappa shape index (κ3) is 9.13. The molecule has 0 unspecified atom stereocenters. The van der Waals surface area contributed by atoms with Crippen LogP contribution in [0.1, 0.15) is 169 Å². The Morgan fingerprint density at radius 2 is 0.489 bits per heavy atom. The van der Waals surface area contributed by atoms with Crippen LogP contribution >= 0.6 is 0 Å². The molecule has 0 amide bonds. The van der Waals surface area contributed by atoms with Crippen molar-refractivity contribution in [2.24, 2.45) is 0 Å². The van der Waals surface area contributed by atoms with Crippen molar-refractivity contribution >= 4 is 44.1 Å². The zero-order valence-electron chi connectivity index (χ0n) is 52.3. The minimum Gasteiger partial charge on any atom is -0.457 e. The molecule has 0 spiro atoms. The number of ether oxygens (including phenoxy) is 8. The largest absolute Gasteiger partial charge is 0.457 e. The van der Waals surface area contributed by atoms with E-state index in [4.69, 9.17) is 57.8 Å². The van der Waals surface area contributed by atoms with Crippen LogP contribution in [0.15, 0.2) is 147 Å². The lowest BCUT2D eigenvalue weighted by atomic mass is 9.74. The topological polar surface area (TPSA) is 145 Å². The van der Waals surface area contributed by atoms with Gasteiger partial charge >= 0.3 is 0 Å². The van der Waals surface area contributed by atoms with Gasteiger partial charge in [0, 0.05) is 68.2 Å². The number of fused-ring (bicyclic) bond motifs is 4. The Balaban J connectivity index is 1.02. The lowest BCUT2D eigenvalue weighted by Gasteiger charge is -2.38. The molecule has 1 aliphatic carbocycles. The van der Waals surface area contributed by atoms with Crippen molar-refractivity contribution in [3.05, 3.63) is 213 Å². The summed E-state index contributed by atoms with van der Waals surface area (Å²) in [7, 11) is 0. The molecule has 8 aromatic carbocycles. The third-order valence-electron chi connectivity index (χ3n) is 19.9. The smallest absolute Gasteiger partial charge is 0.230 e. The highest BCUT2D eigenvalue weighted by atomic mass is 16.7. The predicted octanol–water partition coefficient (Wildman–Crippen LogP) is 16.2. The number of rotatable bonds is 16. The number of para-hydroxylation sites is 8. The van der Waals surface area contributed by atoms with Gasteiger partial charge in [-0.3, -0.25) is 0 Å². The second-order valence-electron chi connectivity index (χ2n) is 25.2. The van der Waals surface area contributed by atoms with Crippen LogP contribution in [0, 0.1) is 0 Å². The van der Waals surface area contributed by atoms with Crippen molar-refractivity contribution in [2.45, 2.75) is 129 Å². The van der Waals surface area contributed by atoms with Crippen molar-refractivity contribution in [1.29, 1.82) is 0 Å². The molecule has 4 aliphatic heterocycles. The van der Waals surface area contributed by atoms with Gasteiger partial charge in [-0.2, -0.15) is 0 Å². The number of hydrogen-bond acceptors (Lipinski definition) is 12. The van der Waals surface area contributed by atoms with Crippen LogP contribution in [-0.2, 0) is 26.2 Å². The second-order valence-corrected chi connectivity index (χ2v) is 25.2. The van der Waals surface area contributed by atoms with E-state index in [1.165, 1.54) is 0 Å². The molecule has 0 N–H and O–H groups in total. The number of benzene rings is 8. The molecule has 0 atom stereocenters. The first-order valence-electron chi connectivity index (χ1n) is 32.9. The molecule has 0 radical (unpaired) electrons. The van der Waals surface area contributed by atoms with E-state index in [9.17, 15) is 0 Å². The first-order valence-corrected chi connectivity index (χ1v) is 32.9. The molecule has 16 nitrogen and oxygen atoms in total. The van der Waals surface area contributed by atoms with E-state index in [-0.39, 0.29) is 50.8 Å². The van der Waals surface area contributed by atoms with Crippen LogP contribution in [0.4, 0.5) is 0 Å². The lowest BCUT2D eigenvalue weighted by Crippen LogP contribution is -2.26. The number of nitrogens with zero attached hydrogens (tertiary/aromatic N) is 8. The van der Waals surface area contributed by atoms with Gasteiger partial charge < -0.3 is 56.2 Å². The maximum absolute atomic E-state index is 7.32. The van der Waals surface area contributed by atoms with E-state index in [2.05, 4.69) is 143 Å². The molecule has 464 valence electrons. The lowest BCUT2D eigenvalue weighted by molar-refractivity contribution is 0.0941. The van der Waals surface area contributed by atoms with Crippen LogP contribution in [0.2, 0.25) is 0 Å². The van der Waals surface area contributed by atoms with Gasteiger partial charge in [-0.25, -0.2) is 19.9 Å². The van der Waals surface area contributed by atoms with Gasteiger partial charge in [0.25, 0.3) is 0 Å². The minimum atomic E-state index is -0.232. The van der Waals surface area contributed by atoms with Crippen molar-refractivity contribution in [3.63, 3.8) is 0 Å². The Morgan fingerprint density at radius 1 is 0.293 bits per heavy atom. The zero-order valence-corrected chi connectivity index (χ0v) is 52.3. The van der Waals surface area contributed by atoms with Gasteiger partial charge in [0.1, 0.15) is 46.0 Å². The van der Waals surface area contributed by atoms with Crippen LogP contribution < -0.4 is 37.9 Å². The third-order valence-corrected chi connectivity index (χ3v) is 19.9. The van der Waals surface area contributed by atoms with Crippen LogP contribution in [0.3, 0.4) is 0 Å². The van der Waals surface area contributed by atoms with E-state index in [1.807, 2.05) is 49.6 Å². The summed E-state index contributed by atoms with van der Waals surface area (Å²) in [4.78, 5) is 19.8. The van der Waals surface area contributed by atoms with E-state index < -0.39 is 0 Å². The molecule has 0 saturated heterocycles. The molecule has 5 aliphatic rings.